The largest absolute Gasteiger partial charge is 0.493 e. The van der Waals surface area contributed by atoms with Crippen LogP contribution in [0.1, 0.15) is 22.8 Å². The van der Waals surface area contributed by atoms with Crippen LogP contribution in [0.5, 0.6) is 11.5 Å². The molecule has 3 aromatic rings. The highest BCUT2D eigenvalue weighted by Gasteiger charge is 2.30. The number of rotatable bonds is 6. The Morgan fingerprint density at radius 2 is 1.82 bits per heavy atom. The summed E-state index contributed by atoms with van der Waals surface area (Å²) in [6.07, 6.45) is 0.257. The SMILES string of the molecule is COc1ccc(C2CC(=O)N(CC(=O)Nc3cccc(C)c3)c3ccccc3S2)cc1OC. The molecule has 3 aromatic carbocycles. The Kier molecular flexibility index (Phi) is 6.89. The van der Waals surface area contributed by atoms with Crippen molar-refractivity contribution in [3.63, 3.8) is 0 Å². The van der Waals surface area contributed by atoms with Crippen LogP contribution in [0.15, 0.2) is 71.6 Å². The first-order valence-electron chi connectivity index (χ1n) is 10.6. The number of carbonyl (C=O) groups is 2. The summed E-state index contributed by atoms with van der Waals surface area (Å²) < 4.78 is 10.8. The second-order valence-corrected chi connectivity index (χ2v) is 9.03. The highest BCUT2D eigenvalue weighted by atomic mass is 32.2. The van der Waals surface area contributed by atoms with Gasteiger partial charge in [0, 0.05) is 22.3 Å². The van der Waals surface area contributed by atoms with Gasteiger partial charge in [-0.2, -0.15) is 0 Å². The van der Waals surface area contributed by atoms with Crippen molar-refractivity contribution in [1.82, 2.24) is 0 Å². The van der Waals surface area contributed by atoms with Crippen LogP contribution in [-0.2, 0) is 9.59 Å². The molecule has 1 atom stereocenters. The van der Waals surface area contributed by atoms with Gasteiger partial charge in [0.1, 0.15) is 6.54 Å². The van der Waals surface area contributed by atoms with Gasteiger partial charge in [0.25, 0.3) is 0 Å². The zero-order valence-corrected chi connectivity index (χ0v) is 19.6. The molecule has 1 heterocycles. The van der Waals surface area contributed by atoms with Crippen LogP contribution in [0.2, 0.25) is 0 Å². The minimum absolute atomic E-state index is 0.0526. The number of nitrogens with one attached hydrogen (secondary N) is 1. The lowest BCUT2D eigenvalue weighted by atomic mass is 10.1. The van der Waals surface area contributed by atoms with Gasteiger partial charge in [0.05, 0.1) is 19.9 Å². The van der Waals surface area contributed by atoms with E-state index in [1.54, 1.807) is 30.9 Å². The van der Waals surface area contributed by atoms with Crippen molar-refractivity contribution >= 4 is 35.0 Å². The van der Waals surface area contributed by atoms with Crippen LogP contribution in [0.3, 0.4) is 0 Å². The lowest BCUT2D eigenvalue weighted by Crippen LogP contribution is -2.38. The average Bonchev–Trinajstić information content (AvgIpc) is 2.95. The molecule has 0 radical (unpaired) electrons. The van der Waals surface area contributed by atoms with Gasteiger partial charge in [0.15, 0.2) is 11.5 Å². The first kappa shape index (κ1) is 22.7. The minimum atomic E-state index is -0.238. The fraction of sp³-hybridized carbons (Fsp3) is 0.231. The predicted octanol–water partition coefficient (Wildman–Crippen LogP) is 5.22. The maximum atomic E-state index is 13.4. The van der Waals surface area contributed by atoms with Crippen LogP contribution in [0.4, 0.5) is 11.4 Å². The standard InChI is InChI=1S/C26H26N2O4S/c1-17-7-6-8-19(13-17)27-25(29)16-28-20-9-4-5-10-23(20)33-24(15-26(28)30)18-11-12-21(31-2)22(14-18)32-3/h4-14,24H,15-16H2,1-3H3,(H,27,29). The monoisotopic (exact) mass is 462 g/mol. The molecule has 33 heavy (non-hydrogen) atoms. The minimum Gasteiger partial charge on any atom is -0.493 e. The number of hydrogen-bond acceptors (Lipinski definition) is 5. The summed E-state index contributed by atoms with van der Waals surface area (Å²) in [6.45, 7) is 1.92. The zero-order valence-electron chi connectivity index (χ0n) is 18.8. The Hall–Kier alpha value is -3.45. The fourth-order valence-corrected chi connectivity index (χ4v) is 5.13. The molecular weight excluding hydrogens is 436 g/mol. The molecule has 0 saturated carbocycles. The summed E-state index contributed by atoms with van der Waals surface area (Å²) in [5.41, 5.74) is 3.48. The summed E-state index contributed by atoms with van der Waals surface area (Å²) in [5, 5.41) is 2.78. The van der Waals surface area contributed by atoms with E-state index in [4.69, 9.17) is 9.47 Å². The predicted molar refractivity (Wildman–Crippen MR) is 131 cm³/mol. The van der Waals surface area contributed by atoms with Gasteiger partial charge < -0.3 is 19.7 Å². The Labute approximate surface area is 197 Å². The Balaban J connectivity index is 1.60. The lowest BCUT2D eigenvalue weighted by molar-refractivity contribution is -0.121. The molecule has 4 rings (SSSR count). The molecular formula is C26H26N2O4S. The van der Waals surface area contributed by atoms with Gasteiger partial charge in [-0.25, -0.2) is 0 Å². The summed E-state index contributed by atoms with van der Waals surface area (Å²) in [4.78, 5) is 28.7. The van der Waals surface area contributed by atoms with Crippen molar-refractivity contribution in [1.29, 1.82) is 0 Å². The molecule has 0 saturated heterocycles. The first-order valence-corrected chi connectivity index (χ1v) is 11.5. The summed E-state index contributed by atoms with van der Waals surface area (Å²) in [5.74, 6) is 0.918. The van der Waals surface area contributed by atoms with Crippen LogP contribution in [0.25, 0.3) is 0 Å². The van der Waals surface area contributed by atoms with E-state index >= 15 is 0 Å². The van der Waals surface area contributed by atoms with Gasteiger partial charge in [-0.15, -0.1) is 11.8 Å². The topological polar surface area (TPSA) is 67.9 Å². The lowest BCUT2D eigenvalue weighted by Gasteiger charge is -2.22. The molecule has 6 nitrogen and oxygen atoms in total. The zero-order chi connectivity index (χ0) is 23.4. The maximum absolute atomic E-state index is 13.4. The number of fused-ring (bicyclic) bond motifs is 1. The van der Waals surface area contributed by atoms with E-state index in [0.29, 0.717) is 17.2 Å². The summed E-state index contributed by atoms with van der Waals surface area (Å²) >= 11 is 1.61. The molecule has 0 aromatic heterocycles. The van der Waals surface area contributed by atoms with E-state index in [1.165, 1.54) is 0 Å². The molecule has 0 fully saturated rings. The molecule has 1 N–H and O–H groups in total. The number of carbonyl (C=O) groups excluding carboxylic acids is 2. The summed E-state index contributed by atoms with van der Waals surface area (Å²) in [7, 11) is 3.19. The van der Waals surface area contributed by atoms with E-state index in [-0.39, 0.29) is 30.0 Å². The molecule has 0 bridgehead atoms. The normalized spacial score (nSPS) is 15.4. The molecule has 1 aliphatic heterocycles. The van der Waals surface area contributed by atoms with E-state index in [2.05, 4.69) is 5.32 Å². The van der Waals surface area contributed by atoms with E-state index < -0.39 is 0 Å². The number of thioether (sulfide) groups is 1. The molecule has 170 valence electrons. The second-order valence-electron chi connectivity index (χ2n) is 7.79. The number of aryl methyl sites for hydroxylation is 1. The van der Waals surface area contributed by atoms with Crippen molar-refractivity contribution < 1.29 is 19.1 Å². The number of para-hydroxylation sites is 1. The number of amides is 2. The quantitative estimate of drug-likeness (QED) is 0.544. The second kappa shape index (κ2) is 10.0. The molecule has 0 spiro atoms. The smallest absolute Gasteiger partial charge is 0.244 e. The number of anilines is 2. The number of hydrogen-bond donors (Lipinski definition) is 1. The Morgan fingerprint density at radius 3 is 2.58 bits per heavy atom. The van der Waals surface area contributed by atoms with Crippen molar-refractivity contribution in [2.45, 2.75) is 23.5 Å². The van der Waals surface area contributed by atoms with Gasteiger partial charge >= 0.3 is 0 Å². The van der Waals surface area contributed by atoms with Crippen molar-refractivity contribution in [3.05, 3.63) is 77.9 Å². The molecule has 1 unspecified atom stereocenters. The van der Waals surface area contributed by atoms with E-state index in [0.717, 1.165) is 21.7 Å². The number of nitrogens with zero attached hydrogens (tertiary/aromatic N) is 1. The van der Waals surface area contributed by atoms with Crippen LogP contribution in [-0.4, -0.2) is 32.6 Å². The van der Waals surface area contributed by atoms with Crippen LogP contribution >= 0.6 is 11.8 Å². The van der Waals surface area contributed by atoms with E-state index in [9.17, 15) is 9.59 Å². The third kappa shape index (κ3) is 5.14. The molecule has 0 aliphatic carbocycles. The maximum Gasteiger partial charge on any atom is 0.244 e. The van der Waals surface area contributed by atoms with Gasteiger partial charge in [0.2, 0.25) is 11.8 Å². The molecule has 2 amide bonds. The molecule has 7 heteroatoms. The van der Waals surface area contributed by atoms with Gasteiger partial charge in [-0.05, 0) is 54.4 Å². The Bertz CT molecular complexity index is 1180. The highest BCUT2D eigenvalue weighted by Crippen LogP contribution is 2.46. The van der Waals surface area contributed by atoms with Crippen LogP contribution < -0.4 is 19.7 Å². The van der Waals surface area contributed by atoms with Gasteiger partial charge in [-0.3, -0.25) is 9.59 Å². The summed E-state index contributed by atoms with van der Waals surface area (Å²) in [6, 6.07) is 21.0. The number of benzene rings is 3. The van der Waals surface area contributed by atoms with Crippen molar-refractivity contribution in [2.75, 3.05) is 31.0 Å². The number of ether oxygens (including phenoxy) is 2. The third-order valence-corrected chi connectivity index (χ3v) is 6.79. The number of methoxy groups -OCH3 is 2. The molecule has 1 aliphatic rings. The van der Waals surface area contributed by atoms with E-state index in [1.807, 2.05) is 73.7 Å². The Morgan fingerprint density at radius 1 is 1.03 bits per heavy atom. The fourth-order valence-electron chi connectivity index (χ4n) is 3.86. The van der Waals surface area contributed by atoms with Crippen molar-refractivity contribution in [2.24, 2.45) is 0 Å². The first-order chi connectivity index (χ1) is 16.0. The third-order valence-electron chi connectivity index (χ3n) is 5.47. The van der Waals surface area contributed by atoms with Crippen molar-refractivity contribution in [3.8, 4) is 11.5 Å². The van der Waals surface area contributed by atoms with Gasteiger partial charge in [-0.1, -0.05) is 30.3 Å². The average molecular weight is 463 g/mol. The highest BCUT2D eigenvalue weighted by molar-refractivity contribution is 7.99. The van der Waals surface area contributed by atoms with Crippen LogP contribution in [0, 0.1) is 6.92 Å².